The molecule has 2 unspecified atom stereocenters. The molecule has 0 aromatic heterocycles. The van der Waals surface area contributed by atoms with E-state index in [-0.39, 0.29) is 17.1 Å². The third-order valence-electron chi connectivity index (χ3n) is 5.36. The van der Waals surface area contributed by atoms with E-state index < -0.39 is 0 Å². The molecule has 24 heavy (non-hydrogen) atoms. The minimum atomic E-state index is -0.351. The summed E-state index contributed by atoms with van der Waals surface area (Å²) in [5, 5.41) is 0. The van der Waals surface area contributed by atoms with Crippen molar-refractivity contribution in [3.05, 3.63) is 35.6 Å². The lowest BCUT2D eigenvalue weighted by Gasteiger charge is -2.26. The van der Waals surface area contributed by atoms with Crippen LogP contribution in [0, 0.1) is 17.2 Å². The first-order chi connectivity index (χ1) is 11.3. The second-order valence-electron chi connectivity index (χ2n) is 8.39. The van der Waals surface area contributed by atoms with Crippen LogP contribution in [0.2, 0.25) is 0 Å². The van der Waals surface area contributed by atoms with Gasteiger partial charge < -0.3 is 9.80 Å². The highest BCUT2D eigenvalue weighted by Crippen LogP contribution is 2.36. The zero-order valence-corrected chi connectivity index (χ0v) is 15.1. The molecule has 0 saturated carbocycles. The molecular weight excluding hydrogens is 303 g/mol. The first-order valence-electron chi connectivity index (χ1n) is 9.12. The van der Waals surface area contributed by atoms with Crippen molar-refractivity contribution in [1.82, 2.24) is 9.80 Å². The minimum absolute atomic E-state index is 0.199. The van der Waals surface area contributed by atoms with Gasteiger partial charge in [-0.25, -0.2) is 4.39 Å². The van der Waals surface area contributed by atoms with Gasteiger partial charge in [-0.3, -0.25) is 4.79 Å². The molecular formula is C20H29FN2O. The molecule has 0 N–H and O–H groups in total. The molecule has 2 saturated heterocycles. The molecule has 0 bridgehead atoms. The number of amides is 1. The zero-order chi connectivity index (χ0) is 17.3. The van der Waals surface area contributed by atoms with Crippen LogP contribution in [0.4, 0.5) is 4.39 Å². The lowest BCUT2D eigenvalue weighted by atomic mass is 9.88. The largest absolute Gasteiger partial charge is 0.341 e. The van der Waals surface area contributed by atoms with Crippen molar-refractivity contribution in [2.75, 3.05) is 32.7 Å². The Hall–Kier alpha value is -1.42. The molecule has 4 heteroatoms. The highest BCUT2D eigenvalue weighted by atomic mass is 19.1. The fourth-order valence-electron chi connectivity index (χ4n) is 4.08. The predicted octanol–water partition coefficient (Wildman–Crippen LogP) is 3.51. The van der Waals surface area contributed by atoms with E-state index in [0.29, 0.717) is 11.8 Å². The van der Waals surface area contributed by atoms with Gasteiger partial charge in [0, 0.05) is 31.0 Å². The summed E-state index contributed by atoms with van der Waals surface area (Å²) in [7, 11) is 0. The summed E-state index contributed by atoms with van der Waals surface area (Å²) in [6.45, 7) is 10.9. The second-order valence-corrected chi connectivity index (χ2v) is 8.39. The van der Waals surface area contributed by atoms with Crippen LogP contribution in [0.15, 0.2) is 24.3 Å². The first kappa shape index (κ1) is 17.4. The Morgan fingerprint density at radius 2 is 1.75 bits per heavy atom. The highest BCUT2D eigenvalue weighted by Gasteiger charge is 2.40. The van der Waals surface area contributed by atoms with Crippen molar-refractivity contribution in [2.24, 2.45) is 11.3 Å². The van der Waals surface area contributed by atoms with Crippen LogP contribution < -0.4 is 0 Å². The van der Waals surface area contributed by atoms with Crippen molar-refractivity contribution in [2.45, 2.75) is 39.5 Å². The van der Waals surface area contributed by atoms with Crippen molar-refractivity contribution in [3.63, 3.8) is 0 Å². The van der Waals surface area contributed by atoms with E-state index >= 15 is 0 Å². The summed E-state index contributed by atoms with van der Waals surface area (Å²) in [5.41, 5.74) is 0.806. The maximum atomic E-state index is 13.3. The molecule has 3 nitrogen and oxygen atoms in total. The van der Waals surface area contributed by atoms with Gasteiger partial charge in [0.25, 0.3) is 0 Å². The van der Waals surface area contributed by atoms with Crippen LogP contribution in [0.5, 0.6) is 0 Å². The molecule has 2 aliphatic rings. The first-order valence-corrected chi connectivity index (χ1v) is 9.12. The van der Waals surface area contributed by atoms with Gasteiger partial charge in [0.15, 0.2) is 0 Å². The molecule has 2 fully saturated rings. The van der Waals surface area contributed by atoms with Crippen LogP contribution in [0.3, 0.4) is 0 Å². The summed E-state index contributed by atoms with van der Waals surface area (Å²) in [5.74, 6) is 0.756. The van der Waals surface area contributed by atoms with Gasteiger partial charge in [-0.2, -0.15) is 0 Å². The number of carbonyl (C=O) groups excluding carboxylic acids is 1. The Kier molecular flexibility index (Phi) is 4.95. The quantitative estimate of drug-likeness (QED) is 0.846. The topological polar surface area (TPSA) is 23.6 Å². The monoisotopic (exact) mass is 332 g/mol. The molecule has 1 amide bonds. The maximum Gasteiger partial charge on any atom is 0.227 e. The Labute approximate surface area is 144 Å². The molecule has 1 aromatic rings. The van der Waals surface area contributed by atoms with Crippen molar-refractivity contribution in [3.8, 4) is 0 Å². The Bertz CT molecular complexity index is 572. The molecule has 132 valence electrons. The summed E-state index contributed by atoms with van der Waals surface area (Å²) < 4.78 is 13.3. The molecule has 0 aliphatic carbocycles. The van der Waals surface area contributed by atoms with Crippen LogP contribution in [-0.2, 0) is 4.79 Å². The van der Waals surface area contributed by atoms with Gasteiger partial charge in [0.1, 0.15) is 5.82 Å². The fraction of sp³-hybridized carbons (Fsp3) is 0.650. The van der Waals surface area contributed by atoms with Gasteiger partial charge in [0.05, 0.1) is 0 Å². The van der Waals surface area contributed by atoms with Gasteiger partial charge in [-0.1, -0.05) is 32.9 Å². The lowest BCUT2D eigenvalue weighted by molar-refractivity contribution is -0.138. The number of likely N-dealkylation sites (tertiary alicyclic amines) is 2. The number of rotatable bonds is 3. The molecule has 0 radical (unpaired) electrons. The van der Waals surface area contributed by atoms with Gasteiger partial charge >= 0.3 is 0 Å². The van der Waals surface area contributed by atoms with Crippen molar-refractivity contribution >= 4 is 5.91 Å². The highest BCUT2D eigenvalue weighted by molar-refractivity contribution is 5.82. The molecule has 1 aromatic carbocycles. The van der Waals surface area contributed by atoms with Crippen LogP contribution in [0.25, 0.3) is 0 Å². The Morgan fingerprint density at radius 1 is 1.12 bits per heavy atom. The number of hydrogen-bond donors (Lipinski definition) is 0. The average molecular weight is 332 g/mol. The average Bonchev–Trinajstić information content (AvgIpc) is 3.17. The maximum absolute atomic E-state index is 13.3. The van der Waals surface area contributed by atoms with Crippen molar-refractivity contribution in [1.29, 1.82) is 0 Å². The van der Waals surface area contributed by atoms with Crippen LogP contribution >= 0.6 is 0 Å². The third kappa shape index (κ3) is 3.80. The van der Waals surface area contributed by atoms with Crippen LogP contribution in [-0.4, -0.2) is 48.4 Å². The lowest BCUT2D eigenvalue weighted by Crippen LogP contribution is -2.38. The molecule has 2 aliphatic heterocycles. The summed E-state index contributed by atoms with van der Waals surface area (Å²) >= 11 is 0. The zero-order valence-electron chi connectivity index (χ0n) is 15.1. The van der Waals surface area contributed by atoms with Crippen LogP contribution in [0.1, 0.15) is 45.1 Å². The third-order valence-corrected chi connectivity index (χ3v) is 5.36. The van der Waals surface area contributed by atoms with Gasteiger partial charge in [-0.05, 0) is 49.5 Å². The minimum Gasteiger partial charge on any atom is -0.341 e. The number of carbonyl (C=O) groups is 1. The normalized spacial score (nSPS) is 25.4. The molecule has 3 rings (SSSR count). The number of hydrogen-bond acceptors (Lipinski definition) is 2. The van der Waals surface area contributed by atoms with E-state index in [2.05, 4.69) is 4.90 Å². The molecule has 2 atom stereocenters. The van der Waals surface area contributed by atoms with E-state index in [0.717, 1.165) is 25.2 Å². The Morgan fingerprint density at radius 3 is 2.33 bits per heavy atom. The predicted molar refractivity (Wildman–Crippen MR) is 94.3 cm³/mol. The Balaban J connectivity index is 1.79. The fourth-order valence-corrected chi connectivity index (χ4v) is 4.08. The van der Waals surface area contributed by atoms with E-state index in [9.17, 15) is 9.18 Å². The van der Waals surface area contributed by atoms with E-state index in [1.165, 1.54) is 38.1 Å². The molecule has 2 heterocycles. The number of benzene rings is 1. The SMILES string of the molecule is CC(C)(C)C(=O)N1CC(CN2CCCC2)C(c2ccc(F)cc2)C1. The smallest absolute Gasteiger partial charge is 0.227 e. The van der Waals surface area contributed by atoms with Crippen molar-refractivity contribution < 1.29 is 9.18 Å². The van der Waals surface area contributed by atoms with E-state index in [4.69, 9.17) is 0 Å². The molecule has 0 spiro atoms. The standard InChI is InChI=1S/C20H29FN2O/c1-20(2,3)19(24)23-13-16(12-22-10-4-5-11-22)18(14-23)15-6-8-17(21)9-7-15/h6-9,16,18H,4-5,10-14H2,1-3H3. The summed E-state index contributed by atoms with van der Waals surface area (Å²) in [4.78, 5) is 17.3. The summed E-state index contributed by atoms with van der Waals surface area (Å²) in [6.07, 6.45) is 2.55. The van der Waals surface area contributed by atoms with E-state index in [1.807, 2.05) is 37.8 Å². The van der Waals surface area contributed by atoms with E-state index in [1.54, 1.807) is 0 Å². The van der Waals surface area contributed by atoms with Gasteiger partial charge in [0.2, 0.25) is 5.91 Å². The summed E-state index contributed by atoms with van der Waals surface area (Å²) in [6, 6.07) is 6.86. The second kappa shape index (κ2) is 6.83. The number of halogens is 1. The number of nitrogens with zero attached hydrogens (tertiary/aromatic N) is 2. The van der Waals surface area contributed by atoms with Gasteiger partial charge in [-0.15, -0.1) is 0 Å².